The first-order valence-corrected chi connectivity index (χ1v) is 17.0. The van der Waals surface area contributed by atoms with Gasteiger partial charge in [-0.3, -0.25) is 9.79 Å². The lowest BCUT2D eigenvalue weighted by atomic mass is 9.90. The first-order chi connectivity index (χ1) is 23.3. The van der Waals surface area contributed by atoms with Crippen LogP contribution in [-0.2, 0) is 11.2 Å². The van der Waals surface area contributed by atoms with Gasteiger partial charge in [-0.1, -0.05) is 110 Å². The number of amides is 2. The predicted molar refractivity (Wildman–Crippen MR) is 193 cm³/mol. The van der Waals surface area contributed by atoms with Crippen molar-refractivity contribution in [2.24, 2.45) is 16.5 Å². The lowest BCUT2D eigenvalue weighted by molar-refractivity contribution is -0.133. The summed E-state index contributed by atoms with van der Waals surface area (Å²) in [5, 5.41) is 16.4. The molecule has 0 radical (unpaired) electrons. The Morgan fingerprint density at radius 3 is 2.23 bits per heavy atom. The molecule has 48 heavy (non-hydrogen) atoms. The highest BCUT2D eigenvalue weighted by Crippen LogP contribution is 2.28. The number of rotatable bonds is 14. The van der Waals surface area contributed by atoms with Crippen molar-refractivity contribution in [3.8, 4) is 0 Å². The second-order valence-corrected chi connectivity index (χ2v) is 12.7. The molecule has 1 heterocycles. The van der Waals surface area contributed by atoms with E-state index in [4.69, 9.17) is 11.5 Å². The summed E-state index contributed by atoms with van der Waals surface area (Å²) in [6, 6.07) is 34.0. The molecule has 1 aliphatic heterocycles. The number of carboxylic acid groups (broad SMARTS) is 1. The molecule has 9 heteroatoms. The van der Waals surface area contributed by atoms with E-state index in [0.29, 0.717) is 58.3 Å². The van der Waals surface area contributed by atoms with Crippen molar-refractivity contribution in [1.82, 2.24) is 15.1 Å². The molecule has 4 aromatic carbocycles. The molecular formula is C39H48N6O3. The van der Waals surface area contributed by atoms with Crippen molar-refractivity contribution < 1.29 is 14.7 Å². The summed E-state index contributed by atoms with van der Waals surface area (Å²) >= 11 is 0. The summed E-state index contributed by atoms with van der Waals surface area (Å²) < 4.78 is 0. The third-order valence-corrected chi connectivity index (χ3v) is 9.32. The Labute approximate surface area is 283 Å². The van der Waals surface area contributed by atoms with Gasteiger partial charge >= 0.3 is 6.09 Å². The van der Waals surface area contributed by atoms with E-state index in [0.717, 1.165) is 27.5 Å². The second-order valence-electron chi connectivity index (χ2n) is 12.7. The molecule has 6 N–H and O–H groups in total. The highest BCUT2D eigenvalue weighted by molar-refractivity contribution is 5.83. The lowest BCUT2D eigenvalue weighted by Gasteiger charge is -2.36. The number of nitrogens with two attached hydrogens (primary N) is 2. The molecule has 5 rings (SSSR count). The number of fused-ring (bicyclic) bond motifs is 1. The van der Waals surface area contributed by atoms with Crippen LogP contribution in [0.3, 0.4) is 0 Å². The number of guanidine groups is 1. The van der Waals surface area contributed by atoms with Crippen LogP contribution in [-0.4, -0.2) is 77.2 Å². The number of hydrogen-bond acceptors (Lipinski definition) is 4. The molecule has 252 valence electrons. The third-order valence-electron chi connectivity index (χ3n) is 9.32. The Kier molecular flexibility index (Phi) is 12.0. The van der Waals surface area contributed by atoms with Crippen molar-refractivity contribution >= 4 is 28.7 Å². The molecule has 0 aliphatic carbocycles. The first kappa shape index (κ1) is 34.4. The molecule has 4 aromatic rings. The molecule has 0 aromatic heterocycles. The molecule has 0 bridgehead atoms. The van der Waals surface area contributed by atoms with Gasteiger partial charge in [-0.15, -0.1) is 0 Å². The van der Waals surface area contributed by atoms with Gasteiger partial charge in [0.1, 0.15) is 0 Å². The molecule has 9 nitrogen and oxygen atoms in total. The molecule has 1 aliphatic rings. The summed E-state index contributed by atoms with van der Waals surface area (Å²) in [7, 11) is 0. The summed E-state index contributed by atoms with van der Waals surface area (Å²) in [6.07, 6.45) is 2.01. The van der Waals surface area contributed by atoms with Gasteiger partial charge in [-0.25, -0.2) is 4.79 Å². The number of nitrogens with zero attached hydrogens (tertiary/aromatic N) is 3. The molecule has 1 fully saturated rings. The zero-order valence-electron chi connectivity index (χ0n) is 27.7. The van der Waals surface area contributed by atoms with Gasteiger partial charge in [-0.2, -0.15) is 0 Å². The Hall–Kier alpha value is -4.89. The van der Waals surface area contributed by atoms with Crippen LogP contribution < -0.4 is 16.8 Å². The molecule has 1 saturated heterocycles. The van der Waals surface area contributed by atoms with Crippen LogP contribution >= 0.6 is 0 Å². The summed E-state index contributed by atoms with van der Waals surface area (Å²) in [6.45, 7) is 3.83. The van der Waals surface area contributed by atoms with Crippen molar-refractivity contribution in [2.45, 2.75) is 63.1 Å². The van der Waals surface area contributed by atoms with Gasteiger partial charge in [0, 0.05) is 38.1 Å². The van der Waals surface area contributed by atoms with Crippen molar-refractivity contribution in [2.75, 3.05) is 26.2 Å². The Morgan fingerprint density at radius 2 is 1.60 bits per heavy atom. The monoisotopic (exact) mass is 648 g/mol. The number of carbonyl (C=O) groups is 2. The number of aliphatic imine (C=N–C) groups is 1. The topological polar surface area (TPSA) is 137 Å². The van der Waals surface area contributed by atoms with Crippen LogP contribution in [0.4, 0.5) is 4.79 Å². The van der Waals surface area contributed by atoms with Gasteiger partial charge in [0.2, 0.25) is 5.91 Å². The minimum absolute atomic E-state index is 0.0146. The van der Waals surface area contributed by atoms with Crippen LogP contribution in [0.1, 0.15) is 55.2 Å². The molecule has 0 saturated carbocycles. The Balaban J connectivity index is 1.48. The maximum absolute atomic E-state index is 14.4. The number of benzene rings is 4. The van der Waals surface area contributed by atoms with Crippen LogP contribution in [0.15, 0.2) is 108 Å². The van der Waals surface area contributed by atoms with E-state index in [1.165, 1.54) is 0 Å². The standard InChI is InChI=1S/C39H48N6O3/c1-2-23-45(39(47)48)36(26-28-19-20-29-12-9-10-17-32(29)25-28)34-21-24-44(37(46)35(43-34)18-11-22-42-38(40)41)27-33(30-13-5-3-6-14-30)31-15-7-4-8-16-31/h3-10,12-17,19-20,25,33-36,43H,2,11,18,21-24,26-27H2,1H3,(H,47,48)(H4,40,41,42)/t34-,35+,36+/m1/s1. The zero-order chi connectivity index (χ0) is 33.9. The number of nitrogens with one attached hydrogen (secondary N) is 1. The van der Waals surface area contributed by atoms with E-state index in [-0.39, 0.29) is 29.9 Å². The molecule has 0 spiro atoms. The molecular weight excluding hydrogens is 600 g/mol. The fourth-order valence-electron chi connectivity index (χ4n) is 6.95. The summed E-state index contributed by atoms with van der Waals surface area (Å²) in [5.74, 6) is 0.0235. The van der Waals surface area contributed by atoms with Crippen molar-refractivity contribution in [3.63, 3.8) is 0 Å². The summed E-state index contributed by atoms with van der Waals surface area (Å²) in [5.41, 5.74) is 14.5. The van der Waals surface area contributed by atoms with Crippen LogP contribution in [0.2, 0.25) is 0 Å². The molecule has 0 unspecified atom stereocenters. The lowest BCUT2D eigenvalue weighted by Crippen LogP contribution is -2.56. The van der Waals surface area contributed by atoms with Gasteiger partial charge in [-0.05, 0) is 59.6 Å². The quantitative estimate of drug-likeness (QED) is 0.0800. The van der Waals surface area contributed by atoms with Crippen LogP contribution in [0, 0.1) is 0 Å². The maximum Gasteiger partial charge on any atom is 0.407 e. The predicted octanol–water partition coefficient (Wildman–Crippen LogP) is 5.59. The number of hydrogen-bond donors (Lipinski definition) is 4. The van der Waals surface area contributed by atoms with Crippen LogP contribution in [0.5, 0.6) is 0 Å². The maximum atomic E-state index is 14.4. The minimum Gasteiger partial charge on any atom is -0.465 e. The van der Waals surface area contributed by atoms with E-state index in [1.54, 1.807) is 4.90 Å². The number of carbonyl (C=O) groups excluding carboxylic acids is 1. The SMILES string of the molecule is CCCN(C(=O)O)[C@@H](Cc1ccc2ccccc2c1)[C@H]1CCN(CC(c2ccccc2)c2ccccc2)C(=O)[C@H](CCCN=C(N)N)N1. The van der Waals surface area contributed by atoms with E-state index in [2.05, 4.69) is 64.9 Å². The Bertz CT molecular complexity index is 1620. The normalized spacial score (nSPS) is 17.2. The fraction of sp³-hybridized carbons (Fsp3) is 0.359. The van der Waals surface area contributed by atoms with Gasteiger partial charge < -0.3 is 31.7 Å². The highest BCUT2D eigenvalue weighted by Gasteiger charge is 2.38. The largest absolute Gasteiger partial charge is 0.465 e. The van der Waals surface area contributed by atoms with E-state index < -0.39 is 12.1 Å². The van der Waals surface area contributed by atoms with Gasteiger partial charge in [0.05, 0.1) is 12.1 Å². The molecule has 3 atom stereocenters. The third kappa shape index (κ3) is 8.92. The Morgan fingerprint density at radius 1 is 0.958 bits per heavy atom. The van der Waals surface area contributed by atoms with Gasteiger partial charge in [0.15, 0.2) is 5.96 Å². The van der Waals surface area contributed by atoms with E-state index in [9.17, 15) is 14.7 Å². The average molecular weight is 649 g/mol. The van der Waals surface area contributed by atoms with Crippen molar-refractivity contribution in [1.29, 1.82) is 0 Å². The zero-order valence-corrected chi connectivity index (χ0v) is 27.7. The summed E-state index contributed by atoms with van der Waals surface area (Å²) in [4.78, 5) is 34.9. The van der Waals surface area contributed by atoms with Crippen LogP contribution in [0.25, 0.3) is 10.8 Å². The fourth-order valence-corrected chi connectivity index (χ4v) is 6.95. The average Bonchev–Trinajstić information content (AvgIpc) is 3.25. The minimum atomic E-state index is -0.950. The first-order valence-electron chi connectivity index (χ1n) is 17.0. The van der Waals surface area contributed by atoms with E-state index >= 15 is 0 Å². The van der Waals surface area contributed by atoms with Gasteiger partial charge in [0.25, 0.3) is 0 Å². The van der Waals surface area contributed by atoms with Crippen molar-refractivity contribution in [3.05, 3.63) is 120 Å². The second kappa shape index (κ2) is 16.8. The van der Waals surface area contributed by atoms with E-state index in [1.807, 2.05) is 60.4 Å². The highest BCUT2D eigenvalue weighted by atomic mass is 16.4. The molecule has 2 amide bonds. The smallest absolute Gasteiger partial charge is 0.407 e.